The third-order valence-corrected chi connectivity index (χ3v) is 6.68. The average molecular weight is 512 g/mol. The zero-order chi connectivity index (χ0) is 27.2. The topological polar surface area (TPSA) is 171 Å². The van der Waals surface area contributed by atoms with Gasteiger partial charge in [-0.2, -0.15) is 0 Å². The van der Waals surface area contributed by atoms with Crippen LogP contribution in [0.5, 0.6) is 5.75 Å². The van der Waals surface area contributed by atoms with Gasteiger partial charge in [0.25, 0.3) is 0 Å². The molecule has 0 unspecified atom stereocenters. The number of aromatic hydroxyl groups is 1. The molecule has 0 radical (unpaired) electrons. The van der Waals surface area contributed by atoms with Gasteiger partial charge in [0.1, 0.15) is 5.75 Å². The molecule has 3 rings (SSSR count). The average Bonchev–Trinajstić information content (AvgIpc) is 2.83. The van der Waals surface area contributed by atoms with Gasteiger partial charge in [0.2, 0.25) is 11.8 Å². The fraction of sp³-hybridized carbons (Fsp3) is 0.444. The maximum atomic E-state index is 12.8. The molecule has 2 aromatic rings. The normalized spacial score (nSPS) is 15.3. The Kier molecular flexibility index (Phi) is 9.12. The molecule has 1 fully saturated rings. The Labute approximate surface area is 217 Å². The maximum absolute atomic E-state index is 12.8. The molecule has 2 aromatic carbocycles. The van der Waals surface area contributed by atoms with E-state index in [1.807, 2.05) is 38.1 Å². The van der Waals surface area contributed by atoms with E-state index in [0.29, 0.717) is 44.3 Å². The number of phenolic OH excluding ortho intramolecular Hbond substituents is 1. The number of likely N-dealkylation sites (tertiary alicyclic amines) is 1. The number of anilines is 1. The fourth-order valence-electron chi connectivity index (χ4n) is 4.61. The molecular weight excluding hydrogens is 474 g/mol. The van der Waals surface area contributed by atoms with Gasteiger partial charge in [0.15, 0.2) is 0 Å². The molecule has 10 nitrogen and oxygen atoms in total. The number of phenols is 1. The number of amides is 4. The summed E-state index contributed by atoms with van der Waals surface area (Å²) in [5.41, 5.74) is 12.8. The van der Waals surface area contributed by atoms with Crippen LogP contribution >= 0.6 is 0 Å². The Balaban J connectivity index is 1.55. The number of aliphatic hydroxyl groups is 1. The zero-order valence-corrected chi connectivity index (χ0v) is 21.4. The lowest BCUT2D eigenvalue weighted by Gasteiger charge is -2.31. The number of nitrogens with two attached hydrogens (primary N) is 2. The quantitative estimate of drug-likeness (QED) is 0.266. The van der Waals surface area contributed by atoms with Crippen molar-refractivity contribution in [3.05, 3.63) is 59.2 Å². The largest absolute Gasteiger partial charge is 0.506 e. The van der Waals surface area contributed by atoms with Crippen LogP contribution < -0.4 is 22.1 Å². The highest BCUT2D eigenvalue weighted by atomic mass is 16.3. The van der Waals surface area contributed by atoms with Crippen molar-refractivity contribution >= 4 is 23.5 Å². The first-order valence-corrected chi connectivity index (χ1v) is 12.4. The van der Waals surface area contributed by atoms with Crippen LogP contribution in [0.4, 0.5) is 10.5 Å². The highest BCUT2D eigenvalue weighted by Gasteiger charge is 2.26. The molecule has 8 N–H and O–H groups in total. The summed E-state index contributed by atoms with van der Waals surface area (Å²) in [5, 5.41) is 26.2. The van der Waals surface area contributed by atoms with Gasteiger partial charge in [-0.25, -0.2) is 4.79 Å². The second-order valence-electron chi connectivity index (χ2n) is 10.3. The molecule has 0 aromatic heterocycles. The summed E-state index contributed by atoms with van der Waals surface area (Å²) in [6.45, 7) is 5.39. The van der Waals surface area contributed by atoms with Crippen molar-refractivity contribution in [2.24, 2.45) is 17.4 Å². The Bertz CT molecular complexity index is 1130. The first-order valence-electron chi connectivity index (χ1n) is 12.4. The molecule has 1 aliphatic rings. The van der Waals surface area contributed by atoms with Crippen molar-refractivity contribution in [1.82, 2.24) is 10.2 Å². The van der Waals surface area contributed by atoms with E-state index in [4.69, 9.17) is 11.5 Å². The van der Waals surface area contributed by atoms with Crippen molar-refractivity contribution in [2.75, 3.05) is 25.0 Å². The summed E-state index contributed by atoms with van der Waals surface area (Å²) in [5.74, 6) is -0.545. The van der Waals surface area contributed by atoms with Gasteiger partial charge < -0.3 is 37.2 Å². The third kappa shape index (κ3) is 8.19. The molecular formula is C27H37N5O5. The molecule has 0 spiro atoms. The predicted molar refractivity (Wildman–Crippen MR) is 141 cm³/mol. The highest BCUT2D eigenvalue weighted by Crippen LogP contribution is 2.27. The number of hydrogen-bond acceptors (Lipinski definition) is 6. The maximum Gasteiger partial charge on any atom is 0.316 e. The summed E-state index contributed by atoms with van der Waals surface area (Å²) >= 11 is 0. The minimum atomic E-state index is -0.879. The van der Waals surface area contributed by atoms with Crippen LogP contribution in [0.3, 0.4) is 0 Å². The highest BCUT2D eigenvalue weighted by molar-refractivity contribution is 5.89. The Morgan fingerprint density at radius 2 is 1.76 bits per heavy atom. The molecule has 37 heavy (non-hydrogen) atoms. The first-order chi connectivity index (χ1) is 17.4. The number of piperidine rings is 1. The Morgan fingerprint density at radius 1 is 1.08 bits per heavy atom. The van der Waals surface area contributed by atoms with E-state index in [0.717, 1.165) is 11.1 Å². The number of benzene rings is 2. The molecule has 0 saturated carbocycles. The number of carbonyl (C=O) groups excluding carboxylic acids is 3. The Hall–Kier alpha value is -3.63. The van der Waals surface area contributed by atoms with E-state index in [-0.39, 0.29) is 41.3 Å². The number of primary amides is 2. The van der Waals surface area contributed by atoms with E-state index in [9.17, 15) is 24.6 Å². The van der Waals surface area contributed by atoms with Crippen molar-refractivity contribution in [2.45, 2.75) is 51.2 Å². The van der Waals surface area contributed by atoms with Gasteiger partial charge in [0.05, 0.1) is 18.2 Å². The number of aliphatic hydroxyl groups excluding tert-OH is 1. The molecule has 1 atom stereocenters. The van der Waals surface area contributed by atoms with Gasteiger partial charge in [-0.3, -0.25) is 9.59 Å². The van der Waals surface area contributed by atoms with Crippen molar-refractivity contribution in [3.8, 4) is 5.75 Å². The summed E-state index contributed by atoms with van der Waals surface area (Å²) < 4.78 is 0. The lowest BCUT2D eigenvalue weighted by atomic mass is 9.92. The van der Waals surface area contributed by atoms with Crippen LogP contribution in [0.25, 0.3) is 0 Å². The van der Waals surface area contributed by atoms with Crippen LogP contribution in [-0.4, -0.2) is 58.1 Å². The minimum Gasteiger partial charge on any atom is -0.506 e. The smallest absolute Gasteiger partial charge is 0.316 e. The van der Waals surface area contributed by atoms with Crippen molar-refractivity contribution < 1.29 is 24.6 Å². The number of carbonyl (C=O) groups is 3. The number of nitrogens with one attached hydrogen (secondary N) is 2. The van der Waals surface area contributed by atoms with Gasteiger partial charge in [-0.05, 0) is 61.9 Å². The SMILES string of the molecule is CC(C)(Cc1cccc(CC(=O)N2CCC(C(N)=O)CC2)c1)NC[C@H](O)c1ccc(O)c(NC(N)=O)c1. The summed E-state index contributed by atoms with van der Waals surface area (Å²) in [7, 11) is 0. The summed E-state index contributed by atoms with van der Waals surface area (Å²) in [6, 6.07) is 11.5. The number of hydrogen-bond donors (Lipinski definition) is 6. The predicted octanol–water partition coefficient (Wildman–Crippen LogP) is 1.79. The van der Waals surface area contributed by atoms with Gasteiger partial charge >= 0.3 is 6.03 Å². The van der Waals surface area contributed by atoms with Crippen LogP contribution in [0.2, 0.25) is 0 Å². The molecule has 200 valence electrons. The molecule has 4 amide bonds. The molecule has 0 aliphatic carbocycles. The van der Waals surface area contributed by atoms with E-state index >= 15 is 0 Å². The molecule has 1 aliphatic heterocycles. The van der Waals surface area contributed by atoms with Gasteiger partial charge in [-0.1, -0.05) is 30.3 Å². The lowest BCUT2D eigenvalue weighted by Crippen LogP contribution is -2.43. The van der Waals surface area contributed by atoms with Crippen LogP contribution in [0, 0.1) is 5.92 Å². The zero-order valence-electron chi connectivity index (χ0n) is 21.4. The van der Waals surface area contributed by atoms with Crippen LogP contribution in [-0.2, 0) is 22.4 Å². The standard InChI is InChI=1S/C27H37N5O5/c1-27(2,30-16-23(34)20-6-7-22(33)21(14-20)31-26(29)37)15-18-5-3-4-17(12-18)13-24(35)32-10-8-19(9-11-32)25(28)36/h3-7,12,14,19,23,30,33-34H,8-11,13,15-16H2,1-2H3,(H2,28,36)(H3,29,31,37)/t23-/m0/s1. The Morgan fingerprint density at radius 3 is 2.41 bits per heavy atom. The number of urea groups is 1. The molecule has 1 saturated heterocycles. The lowest BCUT2D eigenvalue weighted by molar-refractivity contribution is -0.134. The molecule has 10 heteroatoms. The summed E-state index contributed by atoms with van der Waals surface area (Å²) in [6.07, 6.45) is 1.30. The molecule has 0 bridgehead atoms. The van der Waals surface area contributed by atoms with E-state index in [1.165, 1.54) is 12.1 Å². The second kappa shape index (κ2) is 12.1. The van der Waals surface area contributed by atoms with E-state index < -0.39 is 12.1 Å². The fourth-order valence-corrected chi connectivity index (χ4v) is 4.61. The van der Waals surface area contributed by atoms with Gasteiger partial charge in [0, 0.05) is 31.1 Å². The van der Waals surface area contributed by atoms with Crippen LogP contribution in [0.15, 0.2) is 42.5 Å². The third-order valence-electron chi connectivity index (χ3n) is 6.68. The van der Waals surface area contributed by atoms with Crippen LogP contribution in [0.1, 0.15) is 49.5 Å². The molecule has 1 heterocycles. The van der Waals surface area contributed by atoms with E-state index in [1.54, 1.807) is 11.0 Å². The number of β-amino-alcohol motifs (C(OH)–C–C–N with tert-alkyl or cyclic N) is 1. The van der Waals surface area contributed by atoms with Crippen molar-refractivity contribution in [1.29, 1.82) is 0 Å². The number of rotatable bonds is 10. The number of nitrogens with zero attached hydrogens (tertiary/aromatic N) is 1. The monoisotopic (exact) mass is 511 g/mol. The van der Waals surface area contributed by atoms with Gasteiger partial charge in [-0.15, -0.1) is 0 Å². The second-order valence-corrected chi connectivity index (χ2v) is 10.3. The van der Waals surface area contributed by atoms with E-state index in [2.05, 4.69) is 10.6 Å². The first kappa shape index (κ1) is 27.9. The van der Waals surface area contributed by atoms with Crippen molar-refractivity contribution in [3.63, 3.8) is 0 Å². The summed E-state index contributed by atoms with van der Waals surface area (Å²) in [4.78, 5) is 37.1. The minimum absolute atomic E-state index is 0.0414.